The fraction of sp³-hybridized carbons (Fsp3) is 0.300. The van der Waals surface area contributed by atoms with Gasteiger partial charge in [-0.2, -0.15) is 5.21 Å². The number of tetrazole rings is 1. The molecule has 5 nitrogen and oxygen atoms in total. The molecule has 16 heavy (non-hydrogen) atoms. The minimum atomic E-state index is 0.0578. The molecule has 1 aromatic heterocycles. The molecule has 2 aromatic rings. The number of nitrogens with zero attached hydrogens (tertiary/aromatic N) is 3. The highest BCUT2D eigenvalue weighted by Gasteiger charge is 2.17. The van der Waals surface area contributed by atoms with Crippen LogP contribution in [-0.4, -0.2) is 34.2 Å². The van der Waals surface area contributed by atoms with E-state index < -0.39 is 0 Å². The minimum Gasteiger partial charge on any atom is -0.319 e. The van der Waals surface area contributed by atoms with Gasteiger partial charge in [-0.1, -0.05) is 28.9 Å². The van der Waals surface area contributed by atoms with E-state index in [1.807, 2.05) is 31.3 Å². The van der Waals surface area contributed by atoms with Crippen molar-refractivity contribution in [2.24, 2.45) is 0 Å². The molecule has 0 saturated heterocycles. The van der Waals surface area contributed by atoms with Crippen LogP contribution in [-0.2, 0) is 0 Å². The molecule has 0 fully saturated rings. The highest BCUT2D eigenvalue weighted by molar-refractivity contribution is 6.30. The summed E-state index contributed by atoms with van der Waals surface area (Å²) in [5, 5.41) is 17.9. The number of hydrogen-bond acceptors (Lipinski definition) is 4. The van der Waals surface area contributed by atoms with Gasteiger partial charge in [-0.15, -0.1) is 10.2 Å². The summed E-state index contributed by atoms with van der Waals surface area (Å²) >= 11 is 5.97. The van der Waals surface area contributed by atoms with Crippen LogP contribution in [0.2, 0.25) is 5.02 Å². The first-order valence-electron chi connectivity index (χ1n) is 4.94. The van der Waals surface area contributed by atoms with E-state index >= 15 is 0 Å². The molecular formula is C10H12ClN5. The van der Waals surface area contributed by atoms with Crippen LogP contribution in [0.1, 0.15) is 17.3 Å². The van der Waals surface area contributed by atoms with Crippen LogP contribution < -0.4 is 5.32 Å². The van der Waals surface area contributed by atoms with Crippen molar-refractivity contribution >= 4 is 11.6 Å². The van der Waals surface area contributed by atoms with Gasteiger partial charge >= 0.3 is 0 Å². The molecule has 2 N–H and O–H groups in total. The Balaban J connectivity index is 2.33. The second kappa shape index (κ2) is 5.05. The van der Waals surface area contributed by atoms with E-state index in [-0.39, 0.29) is 5.92 Å². The lowest BCUT2D eigenvalue weighted by atomic mass is 9.98. The quantitative estimate of drug-likeness (QED) is 0.839. The molecule has 0 radical (unpaired) electrons. The summed E-state index contributed by atoms with van der Waals surface area (Å²) in [7, 11) is 1.89. The van der Waals surface area contributed by atoms with E-state index in [1.165, 1.54) is 0 Å². The third-order valence-electron chi connectivity index (χ3n) is 2.33. The number of aromatic nitrogens is 4. The Kier molecular flexibility index (Phi) is 3.48. The molecule has 0 amide bonds. The molecule has 1 unspecified atom stereocenters. The zero-order valence-electron chi connectivity index (χ0n) is 8.81. The van der Waals surface area contributed by atoms with Crippen molar-refractivity contribution in [1.82, 2.24) is 25.9 Å². The summed E-state index contributed by atoms with van der Waals surface area (Å²) in [6, 6.07) is 7.68. The van der Waals surface area contributed by atoms with Gasteiger partial charge < -0.3 is 5.32 Å². The Morgan fingerprint density at radius 2 is 2.38 bits per heavy atom. The molecule has 2 rings (SSSR count). The zero-order valence-corrected chi connectivity index (χ0v) is 9.57. The van der Waals surface area contributed by atoms with Gasteiger partial charge in [-0.3, -0.25) is 0 Å². The van der Waals surface area contributed by atoms with Gasteiger partial charge in [-0.05, 0) is 24.7 Å². The Morgan fingerprint density at radius 3 is 3.00 bits per heavy atom. The predicted octanol–water partition coefficient (Wildman–Crippen LogP) is 1.20. The van der Waals surface area contributed by atoms with Crippen molar-refractivity contribution < 1.29 is 0 Å². The number of nitrogens with one attached hydrogen (secondary N) is 2. The lowest BCUT2D eigenvalue weighted by molar-refractivity contribution is 0.672. The van der Waals surface area contributed by atoms with Gasteiger partial charge in [0.15, 0.2) is 5.82 Å². The van der Waals surface area contributed by atoms with Crippen molar-refractivity contribution in [2.45, 2.75) is 5.92 Å². The number of aromatic amines is 1. The van der Waals surface area contributed by atoms with Gasteiger partial charge in [-0.25, -0.2) is 0 Å². The maximum atomic E-state index is 5.97. The number of rotatable bonds is 4. The third kappa shape index (κ3) is 2.37. The average Bonchev–Trinajstić information content (AvgIpc) is 2.79. The smallest absolute Gasteiger partial charge is 0.183 e. The largest absolute Gasteiger partial charge is 0.319 e. The van der Waals surface area contributed by atoms with Gasteiger partial charge in [0.1, 0.15) is 0 Å². The lowest BCUT2D eigenvalue weighted by Gasteiger charge is -2.12. The maximum absolute atomic E-state index is 5.97. The van der Waals surface area contributed by atoms with E-state index in [0.29, 0.717) is 10.8 Å². The predicted molar refractivity (Wildman–Crippen MR) is 61.4 cm³/mol. The van der Waals surface area contributed by atoms with Gasteiger partial charge in [0.25, 0.3) is 0 Å². The molecule has 84 valence electrons. The summed E-state index contributed by atoms with van der Waals surface area (Å²) < 4.78 is 0. The van der Waals surface area contributed by atoms with Crippen molar-refractivity contribution in [1.29, 1.82) is 0 Å². The van der Waals surface area contributed by atoms with Crippen LogP contribution in [0, 0.1) is 0 Å². The standard InChI is InChI=1S/C10H12ClN5/c1-12-6-9(10-13-15-16-14-10)7-3-2-4-8(11)5-7/h2-5,9,12H,6H2,1H3,(H,13,14,15,16). The molecule has 1 heterocycles. The number of hydrogen-bond donors (Lipinski definition) is 2. The Bertz CT molecular complexity index is 442. The third-order valence-corrected chi connectivity index (χ3v) is 2.57. The number of H-pyrrole nitrogens is 1. The van der Waals surface area contributed by atoms with Gasteiger partial charge in [0, 0.05) is 11.6 Å². The molecule has 0 aliphatic rings. The van der Waals surface area contributed by atoms with E-state index in [1.54, 1.807) is 0 Å². The monoisotopic (exact) mass is 237 g/mol. The molecule has 0 bridgehead atoms. The topological polar surface area (TPSA) is 66.5 Å². The van der Waals surface area contributed by atoms with Crippen LogP contribution in [0.25, 0.3) is 0 Å². The van der Waals surface area contributed by atoms with Gasteiger partial charge in [0.2, 0.25) is 0 Å². The Hall–Kier alpha value is -1.46. The Morgan fingerprint density at radius 1 is 1.50 bits per heavy atom. The van der Waals surface area contributed by atoms with Crippen LogP contribution in [0.5, 0.6) is 0 Å². The van der Waals surface area contributed by atoms with E-state index in [4.69, 9.17) is 11.6 Å². The SMILES string of the molecule is CNCC(c1cccc(Cl)c1)c1nn[nH]n1. The number of halogens is 1. The molecular weight excluding hydrogens is 226 g/mol. The van der Waals surface area contributed by atoms with Crippen LogP contribution >= 0.6 is 11.6 Å². The maximum Gasteiger partial charge on any atom is 0.183 e. The molecule has 1 aromatic carbocycles. The molecule has 0 saturated carbocycles. The van der Waals surface area contributed by atoms with E-state index in [9.17, 15) is 0 Å². The normalized spacial score (nSPS) is 12.6. The average molecular weight is 238 g/mol. The molecule has 0 spiro atoms. The van der Waals surface area contributed by atoms with Crippen molar-refractivity contribution in [3.8, 4) is 0 Å². The first kappa shape index (κ1) is 11.0. The summed E-state index contributed by atoms with van der Waals surface area (Å²) in [4.78, 5) is 0. The van der Waals surface area contributed by atoms with E-state index in [0.717, 1.165) is 12.1 Å². The summed E-state index contributed by atoms with van der Waals surface area (Å²) in [5.41, 5.74) is 1.07. The molecule has 0 aliphatic carbocycles. The number of likely N-dealkylation sites (N-methyl/N-ethyl adjacent to an activating group) is 1. The summed E-state index contributed by atoms with van der Waals surface area (Å²) in [6.07, 6.45) is 0. The van der Waals surface area contributed by atoms with E-state index in [2.05, 4.69) is 25.9 Å². The minimum absolute atomic E-state index is 0.0578. The van der Waals surface area contributed by atoms with Gasteiger partial charge in [0.05, 0.1) is 5.92 Å². The second-order valence-electron chi connectivity index (χ2n) is 3.44. The molecule has 6 heteroatoms. The van der Waals surface area contributed by atoms with Crippen molar-refractivity contribution in [3.05, 3.63) is 40.7 Å². The van der Waals surface area contributed by atoms with Crippen LogP contribution in [0.15, 0.2) is 24.3 Å². The first-order valence-corrected chi connectivity index (χ1v) is 5.32. The summed E-state index contributed by atoms with van der Waals surface area (Å²) in [6.45, 7) is 0.736. The molecule has 1 atom stereocenters. The first-order chi connectivity index (χ1) is 7.81. The van der Waals surface area contributed by atoms with Crippen molar-refractivity contribution in [3.63, 3.8) is 0 Å². The fourth-order valence-electron chi connectivity index (χ4n) is 1.60. The Labute approximate surface area is 98.2 Å². The second-order valence-corrected chi connectivity index (χ2v) is 3.87. The lowest BCUT2D eigenvalue weighted by Crippen LogP contribution is -2.19. The highest BCUT2D eigenvalue weighted by atomic mass is 35.5. The zero-order chi connectivity index (χ0) is 11.4. The van der Waals surface area contributed by atoms with Crippen LogP contribution in [0.3, 0.4) is 0 Å². The van der Waals surface area contributed by atoms with Crippen LogP contribution in [0.4, 0.5) is 0 Å². The summed E-state index contributed by atoms with van der Waals surface area (Å²) in [5.74, 6) is 0.721. The highest BCUT2D eigenvalue weighted by Crippen LogP contribution is 2.22. The molecule has 0 aliphatic heterocycles. The van der Waals surface area contributed by atoms with Crippen molar-refractivity contribution in [2.75, 3.05) is 13.6 Å². The number of benzene rings is 1. The fourth-order valence-corrected chi connectivity index (χ4v) is 1.80.